The monoisotopic (exact) mass is 436 g/mol. The maximum absolute atomic E-state index is 11.8. The lowest BCUT2D eigenvalue weighted by Gasteiger charge is -2.06. The molecule has 0 aliphatic carbocycles. The van der Waals surface area contributed by atoms with Crippen molar-refractivity contribution in [3.05, 3.63) is 12.2 Å². The third-order valence-corrected chi connectivity index (χ3v) is 6.08. The molecule has 0 atom stereocenters. The predicted molar refractivity (Wildman–Crippen MR) is 138 cm³/mol. The van der Waals surface area contributed by atoms with Crippen molar-refractivity contribution in [1.82, 2.24) is 0 Å². The Morgan fingerprint density at radius 3 is 1.71 bits per heavy atom. The molecule has 0 unspecified atom stereocenters. The van der Waals surface area contributed by atoms with E-state index in [4.69, 9.17) is 4.74 Å². The first kappa shape index (κ1) is 30.2. The molecular weight excluding hydrogens is 380 g/mol. The zero-order chi connectivity index (χ0) is 22.8. The second-order valence-corrected chi connectivity index (χ2v) is 9.86. The van der Waals surface area contributed by atoms with Gasteiger partial charge in [-0.15, -0.1) is 0 Å². The normalized spacial score (nSPS) is 11.6. The highest BCUT2D eigenvalue weighted by molar-refractivity contribution is 5.69. The third-order valence-electron chi connectivity index (χ3n) is 6.08. The van der Waals surface area contributed by atoms with Crippen molar-refractivity contribution in [2.75, 3.05) is 6.61 Å². The van der Waals surface area contributed by atoms with Crippen LogP contribution in [0.25, 0.3) is 0 Å². The Morgan fingerprint density at radius 1 is 0.645 bits per heavy atom. The van der Waals surface area contributed by atoms with Gasteiger partial charge in [0.1, 0.15) is 0 Å². The summed E-state index contributed by atoms with van der Waals surface area (Å²) in [6.45, 7) is 7.48. The van der Waals surface area contributed by atoms with Gasteiger partial charge in [0, 0.05) is 6.42 Å². The van der Waals surface area contributed by atoms with Crippen LogP contribution in [0.1, 0.15) is 156 Å². The summed E-state index contributed by atoms with van der Waals surface area (Å²) in [6.07, 6.45) is 31.0. The van der Waals surface area contributed by atoms with Crippen molar-refractivity contribution in [2.24, 2.45) is 5.92 Å². The van der Waals surface area contributed by atoms with Crippen LogP contribution < -0.4 is 0 Å². The molecule has 0 heterocycles. The molecule has 0 saturated heterocycles. The van der Waals surface area contributed by atoms with Gasteiger partial charge in [0.2, 0.25) is 0 Å². The molecule has 0 amide bonds. The average molecular weight is 437 g/mol. The van der Waals surface area contributed by atoms with Crippen LogP contribution in [0, 0.1) is 5.92 Å². The molecule has 0 rings (SSSR count). The standard InChI is InChI=1S/C29H56O2/c1-4-5-6-7-8-9-10-11-12-13-14-15-16-20-23-26-29(30)31-27-24-21-18-17-19-22-25-28(2)3/h9-10,28H,4-8,11-27H2,1-3H3/b10-9+. The number of esters is 1. The number of allylic oxidation sites excluding steroid dienone is 2. The smallest absolute Gasteiger partial charge is 0.305 e. The van der Waals surface area contributed by atoms with E-state index < -0.39 is 0 Å². The molecule has 0 aromatic heterocycles. The van der Waals surface area contributed by atoms with Crippen LogP contribution in [0.2, 0.25) is 0 Å². The molecule has 2 nitrogen and oxygen atoms in total. The number of hydrogen-bond donors (Lipinski definition) is 0. The van der Waals surface area contributed by atoms with E-state index in [0.717, 1.165) is 18.8 Å². The summed E-state index contributed by atoms with van der Waals surface area (Å²) in [4.78, 5) is 11.8. The predicted octanol–water partition coefficient (Wildman–Crippen LogP) is 9.95. The highest BCUT2D eigenvalue weighted by Crippen LogP contribution is 2.13. The molecule has 0 spiro atoms. The lowest BCUT2D eigenvalue weighted by Crippen LogP contribution is -2.05. The molecule has 0 saturated carbocycles. The fourth-order valence-electron chi connectivity index (χ4n) is 3.96. The number of hydrogen-bond acceptors (Lipinski definition) is 2. The van der Waals surface area contributed by atoms with Crippen LogP contribution in [-0.4, -0.2) is 12.6 Å². The summed E-state index contributed by atoms with van der Waals surface area (Å²) < 4.78 is 5.37. The molecule has 31 heavy (non-hydrogen) atoms. The maximum atomic E-state index is 11.8. The third kappa shape index (κ3) is 27.2. The molecule has 184 valence electrons. The summed E-state index contributed by atoms with van der Waals surface area (Å²) in [5.74, 6) is 0.847. The first-order chi connectivity index (χ1) is 15.2. The van der Waals surface area contributed by atoms with Gasteiger partial charge in [0.15, 0.2) is 0 Å². The van der Waals surface area contributed by atoms with E-state index in [0.29, 0.717) is 13.0 Å². The molecular formula is C29H56O2. The first-order valence-electron chi connectivity index (χ1n) is 14.0. The van der Waals surface area contributed by atoms with Gasteiger partial charge in [0.05, 0.1) is 6.61 Å². The summed E-state index contributed by atoms with van der Waals surface area (Å²) in [7, 11) is 0. The highest BCUT2D eigenvalue weighted by Gasteiger charge is 2.02. The Balaban J connectivity index is 3.20. The van der Waals surface area contributed by atoms with Gasteiger partial charge >= 0.3 is 5.97 Å². The topological polar surface area (TPSA) is 26.3 Å². The minimum atomic E-state index is 0.0124. The Hall–Kier alpha value is -0.790. The van der Waals surface area contributed by atoms with Crippen molar-refractivity contribution in [3.63, 3.8) is 0 Å². The van der Waals surface area contributed by atoms with E-state index in [9.17, 15) is 4.79 Å². The highest BCUT2D eigenvalue weighted by atomic mass is 16.5. The van der Waals surface area contributed by atoms with Crippen LogP contribution in [0.3, 0.4) is 0 Å². The van der Waals surface area contributed by atoms with E-state index in [2.05, 4.69) is 32.9 Å². The van der Waals surface area contributed by atoms with E-state index in [1.807, 2.05) is 0 Å². The summed E-state index contributed by atoms with van der Waals surface area (Å²) in [5, 5.41) is 0. The van der Waals surface area contributed by atoms with Gasteiger partial charge in [-0.2, -0.15) is 0 Å². The van der Waals surface area contributed by atoms with Crippen molar-refractivity contribution in [2.45, 2.75) is 156 Å². The van der Waals surface area contributed by atoms with Crippen LogP contribution >= 0.6 is 0 Å². The quantitative estimate of drug-likeness (QED) is 0.0854. The summed E-state index contributed by atoms with van der Waals surface area (Å²) in [6, 6.07) is 0. The lowest BCUT2D eigenvalue weighted by atomic mass is 10.0. The number of carbonyl (C=O) groups is 1. The van der Waals surface area contributed by atoms with Gasteiger partial charge in [0.25, 0.3) is 0 Å². The zero-order valence-electron chi connectivity index (χ0n) is 21.6. The van der Waals surface area contributed by atoms with Gasteiger partial charge in [-0.1, -0.05) is 123 Å². The van der Waals surface area contributed by atoms with E-state index in [1.165, 1.54) is 116 Å². The van der Waals surface area contributed by atoms with Crippen LogP contribution in [-0.2, 0) is 9.53 Å². The lowest BCUT2D eigenvalue weighted by molar-refractivity contribution is -0.143. The minimum Gasteiger partial charge on any atom is -0.466 e. The van der Waals surface area contributed by atoms with Gasteiger partial charge in [-0.05, 0) is 44.4 Å². The Morgan fingerprint density at radius 2 is 1.13 bits per heavy atom. The molecule has 0 bridgehead atoms. The summed E-state index contributed by atoms with van der Waals surface area (Å²) in [5.41, 5.74) is 0. The molecule has 2 heteroatoms. The van der Waals surface area contributed by atoms with E-state index in [1.54, 1.807) is 0 Å². The fraction of sp³-hybridized carbons (Fsp3) is 0.897. The number of unbranched alkanes of at least 4 members (excludes halogenated alkanes) is 16. The van der Waals surface area contributed by atoms with Gasteiger partial charge in [-0.3, -0.25) is 4.79 Å². The van der Waals surface area contributed by atoms with Crippen molar-refractivity contribution in [1.29, 1.82) is 0 Å². The molecule has 0 aromatic carbocycles. The van der Waals surface area contributed by atoms with E-state index in [-0.39, 0.29) is 5.97 Å². The molecule has 0 aliphatic rings. The molecule has 0 radical (unpaired) electrons. The largest absolute Gasteiger partial charge is 0.466 e. The Kier molecular flexibility index (Phi) is 24.8. The second-order valence-electron chi connectivity index (χ2n) is 9.86. The van der Waals surface area contributed by atoms with E-state index >= 15 is 0 Å². The average Bonchev–Trinajstić information content (AvgIpc) is 2.75. The number of ether oxygens (including phenoxy) is 1. The van der Waals surface area contributed by atoms with Crippen molar-refractivity contribution >= 4 is 5.97 Å². The minimum absolute atomic E-state index is 0.0124. The SMILES string of the molecule is CCCCCC/C=C/CCCCCCCCCC(=O)OCCCCCCCCC(C)C. The molecule has 0 fully saturated rings. The fourth-order valence-corrected chi connectivity index (χ4v) is 3.96. The first-order valence-corrected chi connectivity index (χ1v) is 14.0. The van der Waals surface area contributed by atoms with Crippen LogP contribution in [0.4, 0.5) is 0 Å². The van der Waals surface area contributed by atoms with Gasteiger partial charge in [-0.25, -0.2) is 0 Å². The molecule has 0 aliphatic heterocycles. The Labute approximate surface area is 196 Å². The van der Waals surface area contributed by atoms with Crippen molar-refractivity contribution in [3.8, 4) is 0 Å². The van der Waals surface area contributed by atoms with Gasteiger partial charge < -0.3 is 4.74 Å². The Bertz CT molecular complexity index is 386. The summed E-state index contributed by atoms with van der Waals surface area (Å²) >= 11 is 0. The molecule has 0 N–H and O–H groups in total. The van der Waals surface area contributed by atoms with Crippen molar-refractivity contribution < 1.29 is 9.53 Å². The molecule has 0 aromatic rings. The number of rotatable bonds is 24. The second kappa shape index (κ2) is 25.5. The maximum Gasteiger partial charge on any atom is 0.305 e. The number of carbonyl (C=O) groups excluding carboxylic acids is 1. The zero-order valence-corrected chi connectivity index (χ0v) is 21.6. The van der Waals surface area contributed by atoms with Crippen LogP contribution in [0.5, 0.6) is 0 Å². The van der Waals surface area contributed by atoms with Crippen LogP contribution in [0.15, 0.2) is 12.2 Å².